The maximum atomic E-state index is 5.98. The zero-order valence-corrected chi connectivity index (χ0v) is 11.9. The molecule has 1 spiro atoms. The molecule has 3 rings (SSSR count). The van der Waals surface area contributed by atoms with Gasteiger partial charge in [-0.3, -0.25) is 0 Å². The fourth-order valence-electron chi connectivity index (χ4n) is 3.31. The van der Waals surface area contributed by atoms with Gasteiger partial charge in [-0.2, -0.15) is 0 Å². The molecule has 104 valence electrons. The van der Waals surface area contributed by atoms with Crippen LogP contribution in [0.5, 0.6) is 0 Å². The Bertz CT molecular complexity index is 432. The lowest BCUT2D eigenvalue weighted by Gasteiger charge is -2.37. The summed E-state index contributed by atoms with van der Waals surface area (Å²) in [6.45, 7) is 6.74. The minimum Gasteiger partial charge on any atom is -0.382 e. The summed E-state index contributed by atoms with van der Waals surface area (Å²) in [5, 5.41) is 3.68. The van der Waals surface area contributed by atoms with E-state index in [1.165, 1.54) is 16.8 Å². The lowest BCUT2D eigenvalue weighted by atomic mass is 9.89. The SMILES string of the molecule is Cc1cc(C)cc(NC2CCOC3(CCOC3)C2)c1. The molecule has 0 amide bonds. The summed E-state index contributed by atoms with van der Waals surface area (Å²) in [6.07, 6.45) is 3.17. The first kappa shape index (κ1) is 12.9. The van der Waals surface area contributed by atoms with Crippen LogP contribution in [-0.2, 0) is 9.47 Å². The Labute approximate surface area is 115 Å². The summed E-state index contributed by atoms with van der Waals surface area (Å²) in [5.74, 6) is 0. The van der Waals surface area contributed by atoms with Crippen LogP contribution in [-0.4, -0.2) is 31.5 Å². The van der Waals surface area contributed by atoms with E-state index in [1.54, 1.807) is 0 Å². The smallest absolute Gasteiger partial charge is 0.0956 e. The third kappa shape index (κ3) is 2.93. The lowest BCUT2D eigenvalue weighted by Crippen LogP contribution is -2.44. The number of nitrogens with one attached hydrogen (secondary N) is 1. The monoisotopic (exact) mass is 261 g/mol. The minimum absolute atomic E-state index is 0.0191. The third-order valence-electron chi connectivity index (χ3n) is 4.15. The van der Waals surface area contributed by atoms with Crippen molar-refractivity contribution in [2.24, 2.45) is 0 Å². The Morgan fingerprint density at radius 1 is 1.16 bits per heavy atom. The van der Waals surface area contributed by atoms with Crippen molar-refractivity contribution >= 4 is 5.69 Å². The molecule has 2 atom stereocenters. The van der Waals surface area contributed by atoms with Gasteiger partial charge in [0.05, 0.1) is 12.2 Å². The maximum absolute atomic E-state index is 5.98. The summed E-state index contributed by atoms with van der Waals surface area (Å²) in [6, 6.07) is 7.15. The predicted molar refractivity (Wildman–Crippen MR) is 76.7 cm³/mol. The van der Waals surface area contributed by atoms with Crippen LogP contribution < -0.4 is 5.32 Å². The quantitative estimate of drug-likeness (QED) is 0.887. The van der Waals surface area contributed by atoms with Gasteiger partial charge in [-0.1, -0.05) is 6.07 Å². The van der Waals surface area contributed by atoms with Crippen molar-refractivity contribution in [3.05, 3.63) is 29.3 Å². The van der Waals surface area contributed by atoms with Crippen LogP contribution in [0.1, 0.15) is 30.4 Å². The van der Waals surface area contributed by atoms with Gasteiger partial charge in [0.1, 0.15) is 0 Å². The van der Waals surface area contributed by atoms with Crippen molar-refractivity contribution in [2.45, 2.75) is 44.8 Å². The molecule has 2 unspecified atom stereocenters. The van der Waals surface area contributed by atoms with Gasteiger partial charge in [0.25, 0.3) is 0 Å². The molecule has 2 heterocycles. The summed E-state index contributed by atoms with van der Waals surface area (Å²) < 4.78 is 11.5. The maximum Gasteiger partial charge on any atom is 0.0956 e. The van der Waals surface area contributed by atoms with E-state index in [0.717, 1.165) is 39.1 Å². The zero-order chi connectivity index (χ0) is 13.3. The molecular formula is C16H23NO2. The van der Waals surface area contributed by atoms with Crippen LogP contribution in [0.25, 0.3) is 0 Å². The van der Waals surface area contributed by atoms with Crippen molar-refractivity contribution in [1.29, 1.82) is 0 Å². The molecule has 0 aromatic heterocycles. The first-order valence-electron chi connectivity index (χ1n) is 7.22. The molecule has 2 saturated heterocycles. The van der Waals surface area contributed by atoms with Crippen molar-refractivity contribution < 1.29 is 9.47 Å². The molecule has 1 aromatic carbocycles. The second kappa shape index (κ2) is 5.14. The van der Waals surface area contributed by atoms with E-state index < -0.39 is 0 Å². The fourth-order valence-corrected chi connectivity index (χ4v) is 3.31. The Kier molecular flexibility index (Phi) is 3.50. The summed E-state index contributed by atoms with van der Waals surface area (Å²) >= 11 is 0. The number of aryl methyl sites for hydroxylation is 2. The topological polar surface area (TPSA) is 30.5 Å². The lowest BCUT2D eigenvalue weighted by molar-refractivity contribution is -0.0828. The summed E-state index contributed by atoms with van der Waals surface area (Å²) in [7, 11) is 0. The van der Waals surface area contributed by atoms with Gasteiger partial charge >= 0.3 is 0 Å². The molecule has 0 aliphatic carbocycles. The highest BCUT2D eigenvalue weighted by Gasteiger charge is 2.40. The van der Waals surface area contributed by atoms with E-state index in [0.29, 0.717) is 6.04 Å². The molecule has 0 radical (unpaired) electrons. The van der Waals surface area contributed by atoms with Crippen molar-refractivity contribution in [3.63, 3.8) is 0 Å². The van der Waals surface area contributed by atoms with E-state index in [2.05, 4.69) is 37.4 Å². The van der Waals surface area contributed by atoms with E-state index >= 15 is 0 Å². The van der Waals surface area contributed by atoms with Gasteiger partial charge in [0, 0.05) is 31.4 Å². The molecule has 2 aliphatic heterocycles. The first-order chi connectivity index (χ1) is 9.15. The number of hydrogen-bond donors (Lipinski definition) is 1. The molecule has 0 saturated carbocycles. The summed E-state index contributed by atoms with van der Waals surface area (Å²) in [5.41, 5.74) is 3.84. The highest BCUT2D eigenvalue weighted by Crippen LogP contribution is 2.34. The van der Waals surface area contributed by atoms with Gasteiger partial charge < -0.3 is 14.8 Å². The predicted octanol–water partition coefficient (Wildman–Crippen LogP) is 3.05. The number of hydrogen-bond acceptors (Lipinski definition) is 3. The highest BCUT2D eigenvalue weighted by molar-refractivity contribution is 5.49. The van der Waals surface area contributed by atoms with Crippen molar-refractivity contribution in [3.8, 4) is 0 Å². The molecule has 19 heavy (non-hydrogen) atoms. The summed E-state index contributed by atoms with van der Waals surface area (Å²) in [4.78, 5) is 0. The molecule has 0 bridgehead atoms. The third-order valence-corrected chi connectivity index (χ3v) is 4.15. The minimum atomic E-state index is -0.0191. The standard InChI is InChI=1S/C16H23NO2/c1-12-7-13(2)9-15(8-12)17-14-3-5-19-16(10-14)4-6-18-11-16/h7-9,14,17H,3-6,10-11H2,1-2H3. The molecule has 2 fully saturated rings. The van der Waals surface area contributed by atoms with Crippen LogP contribution >= 0.6 is 0 Å². The van der Waals surface area contributed by atoms with Gasteiger partial charge in [0.15, 0.2) is 0 Å². The van der Waals surface area contributed by atoms with Gasteiger partial charge in [-0.15, -0.1) is 0 Å². The molecule has 2 aliphatic rings. The van der Waals surface area contributed by atoms with Gasteiger partial charge in [-0.05, 0) is 49.9 Å². The van der Waals surface area contributed by atoms with Crippen LogP contribution in [0.3, 0.4) is 0 Å². The molecule has 1 aromatic rings. The van der Waals surface area contributed by atoms with E-state index in [4.69, 9.17) is 9.47 Å². The normalized spacial score (nSPS) is 30.7. The van der Waals surface area contributed by atoms with Crippen LogP contribution in [0.15, 0.2) is 18.2 Å². The Hall–Kier alpha value is -1.06. The van der Waals surface area contributed by atoms with Crippen molar-refractivity contribution in [2.75, 3.05) is 25.1 Å². The second-order valence-corrected chi connectivity index (χ2v) is 6.04. The number of rotatable bonds is 2. The van der Waals surface area contributed by atoms with Crippen LogP contribution in [0.2, 0.25) is 0 Å². The zero-order valence-electron chi connectivity index (χ0n) is 11.9. The average Bonchev–Trinajstić information content (AvgIpc) is 2.76. The molecule has 3 nitrogen and oxygen atoms in total. The van der Waals surface area contributed by atoms with E-state index in [9.17, 15) is 0 Å². The van der Waals surface area contributed by atoms with Crippen molar-refractivity contribution in [1.82, 2.24) is 0 Å². The highest BCUT2D eigenvalue weighted by atomic mass is 16.6. The second-order valence-electron chi connectivity index (χ2n) is 6.04. The van der Waals surface area contributed by atoms with Gasteiger partial charge in [-0.25, -0.2) is 0 Å². The number of ether oxygens (including phenoxy) is 2. The fraction of sp³-hybridized carbons (Fsp3) is 0.625. The largest absolute Gasteiger partial charge is 0.382 e. The Morgan fingerprint density at radius 3 is 2.63 bits per heavy atom. The average molecular weight is 261 g/mol. The molecular weight excluding hydrogens is 238 g/mol. The molecule has 3 heteroatoms. The molecule has 1 N–H and O–H groups in total. The van der Waals surface area contributed by atoms with Crippen LogP contribution in [0.4, 0.5) is 5.69 Å². The first-order valence-corrected chi connectivity index (χ1v) is 7.22. The van der Waals surface area contributed by atoms with E-state index in [1.807, 2.05) is 0 Å². The van der Waals surface area contributed by atoms with Crippen LogP contribution in [0, 0.1) is 13.8 Å². The van der Waals surface area contributed by atoms with Gasteiger partial charge in [0.2, 0.25) is 0 Å². The number of anilines is 1. The number of benzene rings is 1. The Balaban J connectivity index is 1.69. The Morgan fingerprint density at radius 2 is 1.95 bits per heavy atom. The van der Waals surface area contributed by atoms with E-state index in [-0.39, 0.29) is 5.60 Å².